The van der Waals surface area contributed by atoms with Crippen molar-refractivity contribution < 1.29 is 8.78 Å². The first-order valence-electron chi connectivity index (χ1n) is 4.27. The van der Waals surface area contributed by atoms with E-state index >= 15 is 0 Å². The van der Waals surface area contributed by atoms with E-state index in [1.807, 2.05) is 11.9 Å². The minimum Gasteiger partial charge on any atom is -0.324 e. The molecule has 72 valence electrons. The second-order valence-corrected chi connectivity index (χ2v) is 3.80. The van der Waals surface area contributed by atoms with Gasteiger partial charge in [-0.15, -0.1) is 0 Å². The molecule has 1 unspecified atom stereocenters. The molecule has 0 aromatic rings. The van der Waals surface area contributed by atoms with Crippen LogP contribution >= 0.6 is 0 Å². The summed E-state index contributed by atoms with van der Waals surface area (Å²) in [6, 6.07) is 0. The molecule has 1 rings (SSSR count). The number of nitrogens with two attached hydrogens (primary N) is 1. The van der Waals surface area contributed by atoms with E-state index in [-0.39, 0.29) is 6.42 Å². The third kappa shape index (κ3) is 2.68. The van der Waals surface area contributed by atoms with Crippen molar-refractivity contribution in [3.63, 3.8) is 0 Å². The smallest absolute Gasteiger partial charge is 0.240 e. The summed E-state index contributed by atoms with van der Waals surface area (Å²) in [6.45, 7) is 1.57. The minimum atomic E-state index is -2.28. The number of piperidine rings is 1. The van der Waals surface area contributed by atoms with Gasteiger partial charge in [0.15, 0.2) is 0 Å². The van der Waals surface area contributed by atoms with E-state index in [0.717, 1.165) is 19.4 Å². The third-order valence-corrected chi connectivity index (χ3v) is 2.36. The summed E-state index contributed by atoms with van der Waals surface area (Å²) in [4.78, 5) is 2.02. The predicted octanol–water partition coefficient (Wildman–Crippen LogP) is 1.06. The van der Waals surface area contributed by atoms with Crippen LogP contribution in [-0.2, 0) is 0 Å². The molecule has 0 saturated carbocycles. The highest BCUT2D eigenvalue weighted by Gasteiger charge is 2.32. The average Bonchev–Trinajstić information content (AvgIpc) is 1.82. The van der Waals surface area contributed by atoms with Gasteiger partial charge in [-0.05, 0) is 26.4 Å². The van der Waals surface area contributed by atoms with Crippen LogP contribution in [0.4, 0.5) is 8.78 Å². The number of likely N-dealkylation sites (tertiary alicyclic amines) is 1. The molecule has 1 aliphatic rings. The van der Waals surface area contributed by atoms with E-state index in [9.17, 15) is 8.78 Å². The minimum absolute atomic E-state index is 0.169. The zero-order valence-corrected chi connectivity index (χ0v) is 7.39. The first-order valence-corrected chi connectivity index (χ1v) is 4.27. The van der Waals surface area contributed by atoms with Crippen LogP contribution in [0, 0.1) is 0 Å². The topological polar surface area (TPSA) is 29.3 Å². The normalized spacial score (nSPS) is 32.8. The third-order valence-electron chi connectivity index (χ3n) is 2.36. The molecule has 1 saturated heterocycles. The molecule has 2 nitrogen and oxygen atoms in total. The molecule has 1 fully saturated rings. The van der Waals surface area contributed by atoms with Gasteiger partial charge >= 0.3 is 0 Å². The van der Waals surface area contributed by atoms with Gasteiger partial charge in [-0.3, -0.25) is 0 Å². The van der Waals surface area contributed by atoms with Crippen molar-refractivity contribution in [2.45, 2.75) is 31.2 Å². The molecule has 0 bridgehead atoms. The first-order chi connectivity index (χ1) is 5.52. The Bertz CT molecular complexity index is 148. The molecule has 2 N–H and O–H groups in total. The van der Waals surface area contributed by atoms with Gasteiger partial charge < -0.3 is 10.6 Å². The highest BCUT2D eigenvalue weighted by molar-refractivity contribution is 4.91. The lowest BCUT2D eigenvalue weighted by atomic mass is 9.87. The van der Waals surface area contributed by atoms with Crippen molar-refractivity contribution in [2.75, 3.05) is 20.1 Å². The Balaban J connectivity index is 2.45. The highest BCUT2D eigenvalue weighted by Crippen LogP contribution is 2.23. The number of hydrogen-bond acceptors (Lipinski definition) is 2. The number of hydrogen-bond donors (Lipinski definition) is 1. The van der Waals surface area contributed by atoms with Crippen molar-refractivity contribution in [2.24, 2.45) is 5.73 Å². The second kappa shape index (κ2) is 3.66. The van der Waals surface area contributed by atoms with Crippen molar-refractivity contribution in [1.29, 1.82) is 0 Å². The van der Waals surface area contributed by atoms with Gasteiger partial charge in [0, 0.05) is 18.5 Å². The lowest BCUT2D eigenvalue weighted by Crippen LogP contribution is -2.54. The van der Waals surface area contributed by atoms with Crippen LogP contribution in [0.1, 0.15) is 19.3 Å². The van der Waals surface area contributed by atoms with Gasteiger partial charge in [0.1, 0.15) is 0 Å². The Labute approximate surface area is 71.7 Å². The van der Waals surface area contributed by atoms with Crippen molar-refractivity contribution in [3.05, 3.63) is 0 Å². The number of nitrogens with zero attached hydrogens (tertiary/aromatic N) is 1. The van der Waals surface area contributed by atoms with Gasteiger partial charge in [0.25, 0.3) is 0 Å². The SMILES string of the molecule is CN1CCCC(N)(CC(F)F)C1. The Morgan fingerprint density at radius 1 is 1.58 bits per heavy atom. The molecule has 0 radical (unpaired) electrons. The standard InChI is InChI=1S/C8H16F2N2/c1-12-4-2-3-8(11,6-12)5-7(9)10/h7H,2-6,11H2,1H3. The van der Waals surface area contributed by atoms with Gasteiger partial charge in [-0.2, -0.15) is 0 Å². The molecule has 1 aliphatic heterocycles. The lowest BCUT2D eigenvalue weighted by molar-refractivity contribution is 0.0719. The molecule has 4 heteroatoms. The molecule has 0 amide bonds. The fraction of sp³-hybridized carbons (Fsp3) is 1.00. The monoisotopic (exact) mass is 178 g/mol. The molecule has 0 aromatic heterocycles. The van der Waals surface area contributed by atoms with Crippen LogP contribution in [0.5, 0.6) is 0 Å². The molecular weight excluding hydrogens is 162 g/mol. The quantitative estimate of drug-likeness (QED) is 0.685. The van der Waals surface area contributed by atoms with Gasteiger partial charge in [0.2, 0.25) is 6.43 Å². The molecule has 0 spiro atoms. The zero-order valence-electron chi connectivity index (χ0n) is 7.39. The van der Waals surface area contributed by atoms with E-state index in [1.54, 1.807) is 0 Å². The summed E-state index contributed by atoms with van der Waals surface area (Å²) in [7, 11) is 1.92. The van der Waals surface area contributed by atoms with Crippen LogP contribution in [0.3, 0.4) is 0 Å². The van der Waals surface area contributed by atoms with Crippen molar-refractivity contribution in [1.82, 2.24) is 4.90 Å². The van der Waals surface area contributed by atoms with Crippen molar-refractivity contribution >= 4 is 0 Å². The van der Waals surface area contributed by atoms with E-state index in [1.165, 1.54) is 0 Å². The summed E-state index contributed by atoms with van der Waals surface area (Å²) in [5, 5.41) is 0. The fourth-order valence-corrected chi connectivity index (χ4v) is 1.87. The van der Waals surface area contributed by atoms with Gasteiger partial charge in [-0.25, -0.2) is 8.78 Å². The summed E-state index contributed by atoms with van der Waals surface area (Å²) < 4.78 is 24.2. The van der Waals surface area contributed by atoms with E-state index in [2.05, 4.69) is 0 Å². The summed E-state index contributed by atoms with van der Waals surface area (Å²) in [6.07, 6.45) is -0.792. The Hall–Kier alpha value is -0.220. The van der Waals surface area contributed by atoms with E-state index in [4.69, 9.17) is 5.73 Å². The number of halogens is 2. The van der Waals surface area contributed by atoms with Crippen molar-refractivity contribution in [3.8, 4) is 0 Å². The summed E-state index contributed by atoms with van der Waals surface area (Å²) >= 11 is 0. The number of rotatable bonds is 2. The van der Waals surface area contributed by atoms with E-state index in [0.29, 0.717) is 6.54 Å². The van der Waals surface area contributed by atoms with Gasteiger partial charge in [-0.1, -0.05) is 0 Å². The Kier molecular flexibility index (Phi) is 3.01. The van der Waals surface area contributed by atoms with E-state index < -0.39 is 12.0 Å². The average molecular weight is 178 g/mol. The number of alkyl halides is 2. The molecule has 12 heavy (non-hydrogen) atoms. The molecule has 1 heterocycles. The zero-order chi connectivity index (χ0) is 9.19. The lowest BCUT2D eigenvalue weighted by Gasteiger charge is -2.38. The fourth-order valence-electron chi connectivity index (χ4n) is 1.87. The molecular formula is C8H16F2N2. The highest BCUT2D eigenvalue weighted by atomic mass is 19.3. The number of likely N-dealkylation sites (N-methyl/N-ethyl adjacent to an activating group) is 1. The molecule has 1 atom stereocenters. The summed E-state index contributed by atoms with van der Waals surface area (Å²) in [5.41, 5.74) is 5.18. The largest absolute Gasteiger partial charge is 0.324 e. The maximum atomic E-state index is 12.1. The predicted molar refractivity (Wildman–Crippen MR) is 44.3 cm³/mol. The molecule has 0 aliphatic carbocycles. The van der Waals surface area contributed by atoms with Crippen LogP contribution < -0.4 is 5.73 Å². The maximum absolute atomic E-state index is 12.1. The van der Waals surface area contributed by atoms with Crippen LogP contribution in [0.2, 0.25) is 0 Å². The Morgan fingerprint density at radius 2 is 2.25 bits per heavy atom. The second-order valence-electron chi connectivity index (χ2n) is 3.80. The van der Waals surface area contributed by atoms with Crippen LogP contribution in [0.15, 0.2) is 0 Å². The van der Waals surface area contributed by atoms with Crippen LogP contribution in [0.25, 0.3) is 0 Å². The van der Waals surface area contributed by atoms with Crippen LogP contribution in [-0.4, -0.2) is 37.0 Å². The summed E-state index contributed by atoms with van der Waals surface area (Å²) in [5.74, 6) is 0. The first kappa shape index (κ1) is 9.86. The molecule has 0 aromatic carbocycles. The maximum Gasteiger partial charge on any atom is 0.240 e. The Morgan fingerprint density at radius 3 is 2.75 bits per heavy atom. The van der Waals surface area contributed by atoms with Gasteiger partial charge in [0.05, 0.1) is 0 Å².